The number of rotatable bonds is 2. The van der Waals surface area contributed by atoms with Crippen molar-refractivity contribution in [1.82, 2.24) is 9.78 Å². The summed E-state index contributed by atoms with van der Waals surface area (Å²) in [6, 6.07) is 1.66. The number of aromatic carboxylic acids is 1. The van der Waals surface area contributed by atoms with Crippen LogP contribution in [0.25, 0.3) is 10.9 Å². The van der Waals surface area contributed by atoms with E-state index in [0.29, 0.717) is 34.5 Å². The molecule has 0 spiro atoms. The molecule has 104 valence electrons. The van der Waals surface area contributed by atoms with Crippen molar-refractivity contribution in [2.24, 2.45) is 0 Å². The lowest BCUT2D eigenvalue weighted by atomic mass is 10.1. The number of carboxylic acid groups (broad SMARTS) is 1. The molecule has 1 N–H and O–H groups in total. The fourth-order valence-electron chi connectivity index (χ4n) is 2.40. The van der Waals surface area contributed by atoms with Crippen LogP contribution in [-0.2, 0) is 6.54 Å². The zero-order chi connectivity index (χ0) is 14.4. The first-order valence-electron chi connectivity index (χ1n) is 6.12. The maximum Gasteiger partial charge on any atom is 0.360 e. The molecule has 0 radical (unpaired) electrons. The Labute approximate surface area is 113 Å². The van der Waals surface area contributed by atoms with Crippen molar-refractivity contribution in [3.8, 4) is 11.5 Å². The van der Waals surface area contributed by atoms with E-state index in [4.69, 9.17) is 14.6 Å². The number of ether oxygens (including phenoxy) is 2. The standard InChI is InChI=1S/C13H12N2O5/c1-3-15-7-4-8-12(20-5-19-8)6(2)9(7)11(16)10(14-15)13(17)18/h4H,3,5H2,1-2H3,(H,17,18). The van der Waals surface area contributed by atoms with Crippen LogP contribution >= 0.6 is 0 Å². The normalized spacial score (nSPS) is 12.9. The Morgan fingerprint density at radius 3 is 2.90 bits per heavy atom. The molecule has 2 heterocycles. The minimum atomic E-state index is -1.34. The predicted molar refractivity (Wildman–Crippen MR) is 69.5 cm³/mol. The maximum atomic E-state index is 12.3. The van der Waals surface area contributed by atoms with Crippen LogP contribution in [0.5, 0.6) is 11.5 Å². The van der Waals surface area contributed by atoms with Gasteiger partial charge >= 0.3 is 5.97 Å². The largest absolute Gasteiger partial charge is 0.476 e. The average Bonchev–Trinajstić information content (AvgIpc) is 2.87. The summed E-state index contributed by atoms with van der Waals surface area (Å²) in [5.74, 6) is -0.308. The topological polar surface area (TPSA) is 90.7 Å². The third kappa shape index (κ3) is 1.56. The van der Waals surface area contributed by atoms with Gasteiger partial charge in [-0.15, -0.1) is 0 Å². The van der Waals surface area contributed by atoms with Gasteiger partial charge in [0.25, 0.3) is 0 Å². The molecule has 7 heteroatoms. The number of carboxylic acids is 1. The van der Waals surface area contributed by atoms with Crippen LogP contribution in [0, 0.1) is 6.92 Å². The highest BCUT2D eigenvalue weighted by Crippen LogP contribution is 2.39. The molecule has 0 atom stereocenters. The summed E-state index contributed by atoms with van der Waals surface area (Å²) < 4.78 is 12.1. The van der Waals surface area contributed by atoms with Crippen LogP contribution in [0.2, 0.25) is 0 Å². The SMILES string of the molecule is CCn1nc(C(=O)O)c(=O)c2c(C)c3c(cc21)OCO3. The Bertz CT molecular complexity index is 794. The Kier molecular flexibility index (Phi) is 2.63. The molecule has 0 unspecified atom stereocenters. The Balaban J connectivity index is 2.51. The van der Waals surface area contributed by atoms with E-state index in [1.807, 2.05) is 6.92 Å². The molecular formula is C13H12N2O5. The fraction of sp³-hybridized carbons (Fsp3) is 0.308. The van der Waals surface area contributed by atoms with Crippen molar-refractivity contribution < 1.29 is 19.4 Å². The first kappa shape index (κ1) is 12.5. The molecule has 1 aromatic carbocycles. The molecule has 0 fully saturated rings. The van der Waals surface area contributed by atoms with E-state index in [1.54, 1.807) is 13.0 Å². The summed E-state index contributed by atoms with van der Waals surface area (Å²) in [5.41, 5.74) is 0.0330. The number of fused-ring (bicyclic) bond motifs is 2. The van der Waals surface area contributed by atoms with Gasteiger partial charge in [0.1, 0.15) is 0 Å². The molecule has 0 saturated heterocycles. The number of aryl methyl sites for hydroxylation is 2. The molecule has 0 bridgehead atoms. The monoisotopic (exact) mass is 276 g/mol. The maximum absolute atomic E-state index is 12.3. The van der Waals surface area contributed by atoms with E-state index < -0.39 is 17.1 Å². The van der Waals surface area contributed by atoms with E-state index in [-0.39, 0.29) is 6.79 Å². The molecule has 20 heavy (non-hydrogen) atoms. The van der Waals surface area contributed by atoms with Crippen molar-refractivity contribution in [3.05, 3.63) is 27.5 Å². The first-order chi connectivity index (χ1) is 9.54. The number of hydrogen-bond donors (Lipinski definition) is 1. The second-order valence-corrected chi connectivity index (χ2v) is 4.43. The van der Waals surface area contributed by atoms with Crippen LogP contribution in [0.15, 0.2) is 10.9 Å². The quantitative estimate of drug-likeness (QED) is 0.884. The minimum absolute atomic E-state index is 0.0893. The molecule has 0 aliphatic carbocycles. The average molecular weight is 276 g/mol. The van der Waals surface area contributed by atoms with Gasteiger partial charge in [-0.1, -0.05) is 0 Å². The zero-order valence-corrected chi connectivity index (χ0v) is 11.0. The molecule has 3 rings (SSSR count). The van der Waals surface area contributed by atoms with Gasteiger partial charge in [0.15, 0.2) is 11.5 Å². The lowest BCUT2D eigenvalue weighted by molar-refractivity contribution is 0.0686. The van der Waals surface area contributed by atoms with Crippen LogP contribution in [0.4, 0.5) is 0 Å². The van der Waals surface area contributed by atoms with Gasteiger partial charge in [-0.25, -0.2) is 4.79 Å². The van der Waals surface area contributed by atoms with Crippen molar-refractivity contribution in [2.45, 2.75) is 20.4 Å². The van der Waals surface area contributed by atoms with Crippen molar-refractivity contribution >= 4 is 16.9 Å². The summed E-state index contributed by atoms with van der Waals surface area (Å²) >= 11 is 0. The van der Waals surface area contributed by atoms with Crippen molar-refractivity contribution in [1.29, 1.82) is 0 Å². The molecule has 0 saturated carbocycles. The summed E-state index contributed by atoms with van der Waals surface area (Å²) in [7, 11) is 0. The smallest absolute Gasteiger partial charge is 0.360 e. The van der Waals surface area contributed by atoms with Gasteiger partial charge < -0.3 is 14.6 Å². The second kappa shape index (κ2) is 4.22. The Morgan fingerprint density at radius 2 is 2.25 bits per heavy atom. The van der Waals surface area contributed by atoms with Crippen LogP contribution in [-0.4, -0.2) is 27.6 Å². The number of carbonyl (C=O) groups is 1. The fourth-order valence-corrected chi connectivity index (χ4v) is 2.40. The molecule has 0 amide bonds. The Morgan fingerprint density at radius 1 is 1.50 bits per heavy atom. The van der Waals surface area contributed by atoms with E-state index in [1.165, 1.54) is 4.68 Å². The third-order valence-corrected chi connectivity index (χ3v) is 3.32. The van der Waals surface area contributed by atoms with Gasteiger partial charge in [-0.3, -0.25) is 9.48 Å². The molecule has 1 aliphatic heterocycles. The van der Waals surface area contributed by atoms with Crippen LogP contribution < -0.4 is 14.9 Å². The molecule has 1 aliphatic rings. The predicted octanol–water partition coefficient (Wildman–Crippen LogP) is 1.15. The lowest BCUT2D eigenvalue weighted by Gasteiger charge is -2.11. The van der Waals surface area contributed by atoms with Gasteiger partial charge in [-0.2, -0.15) is 5.10 Å². The van der Waals surface area contributed by atoms with Gasteiger partial charge in [-0.05, 0) is 13.8 Å². The number of nitrogens with zero attached hydrogens (tertiary/aromatic N) is 2. The summed E-state index contributed by atoms with van der Waals surface area (Å²) in [5, 5.41) is 13.3. The van der Waals surface area contributed by atoms with Gasteiger partial charge in [0.05, 0.1) is 10.9 Å². The van der Waals surface area contributed by atoms with Gasteiger partial charge in [0.2, 0.25) is 17.9 Å². The molecule has 1 aromatic heterocycles. The summed E-state index contributed by atoms with van der Waals surface area (Å²) in [6.07, 6.45) is 0. The molecule has 2 aromatic rings. The third-order valence-electron chi connectivity index (χ3n) is 3.32. The number of aromatic nitrogens is 2. The van der Waals surface area contributed by atoms with E-state index in [0.717, 1.165) is 0 Å². The second-order valence-electron chi connectivity index (χ2n) is 4.43. The van der Waals surface area contributed by atoms with Gasteiger partial charge in [0, 0.05) is 18.2 Å². The van der Waals surface area contributed by atoms with E-state index >= 15 is 0 Å². The highest BCUT2D eigenvalue weighted by Gasteiger charge is 2.24. The Hall–Kier alpha value is -2.57. The highest BCUT2D eigenvalue weighted by atomic mass is 16.7. The molecule has 7 nitrogen and oxygen atoms in total. The molecular weight excluding hydrogens is 264 g/mol. The van der Waals surface area contributed by atoms with Crippen molar-refractivity contribution in [3.63, 3.8) is 0 Å². The van der Waals surface area contributed by atoms with Crippen LogP contribution in [0.3, 0.4) is 0 Å². The first-order valence-corrected chi connectivity index (χ1v) is 6.12. The van der Waals surface area contributed by atoms with Crippen LogP contribution in [0.1, 0.15) is 23.0 Å². The minimum Gasteiger partial charge on any atom is -0.476 e. The zero-order valence-electron chi connectivity index (χ0n) is 11.0. The number of hydrogen-bond acceptors (Lipinski definition) is 5. The van der Waals surface area contributed by atoms with E-state index in [9.17, 15) is 9.59 Å². The summed E-state index contributed by atoms with van der Waals surface area (Å²) in [4.78, 5) is 23.5. The lowest BCUT2D eigenvalue weighted by Crippen LogP contribution is -2.23. The highest BCUT2D eigenvalue weighted by molar-refractivity contribution is 5.93. The van der Waals surface area contributed by atoms with Crippen molar-refractivity contribution in [2.75, 3.05) is 6.79 Å². The number of benzene rings is 1. The van der Waals surface area contributed by atoms with E-state index in [2.05, 4.69) is 5.10 Å². The summed E-state index contributed by atoms with van der Waals surface area (Å²) in [6.45, 7) is 4.06.